The molecule has 1 aliphatic heterocycles. The second kappa shape index (κ2) is 4.87. The van der Waals surface area contributed by atoms with E-state index >= 15 is 0 Å². The van der Waals surface area contributed by atoms with Crippen molar-refractivity contribution in [2.45, 2.75) is 6.42 Å². The Morgan fingerprint density at radius 1 is 0.947 bits per heavy atom. The quantitative estimate of drug-likeness (QED) is 0.766. The first-order valence-electron chi connectivity index (χ1n) is 5.92. The summed E-state index contributed by atoms with van der Waals surface area (Å²) in [5, 5.41) is 1.09. The van der Waals surface area contributed by atoms with Crippen LogP contribution in [0.25, 0.3) is 11.1 Å². The average molecular weight is 293 g/mol. The van der Waals surface area contributed by atoms with Gasteiger partial charge in [0.05, 0.1) is 22.2 Å². The van der Waals surface area contributed by atoms with Gasteiger partial charge in [-0.3, -0.25) is 4.79 Å². The lowest BCUT2D eigenvalue weighted by Gasteiger charge is -2.20. The molecule has 0 radical (unpaired) electrons. The molecule has 19 heavy (non-hydrogen) atoms. The molecular formula is C15H10Cl2O2. The van der Waals surface area contributed by atoms with Crippen molar-refractivity contribution in [2.24, 2.45) is 0 Å². The maximum Gasteiger partial charge on any atom is 0.170 e. The van der Waals surface area contributed by atoms with Crippen LogP contribution in [-0.4, -0.2) is 12.4 Å². The molecule has 0 bridgehead atoms. The van der Waals surface area contributed by atoms with Gasteiger partial charge in [0.25, 0.3) is 0 Å². The van der Waals surface area contributed by atoms with Crippen molar-refractivity contribution >= 4 is 29.0 Å². The van der Waals surface area contributed by atoms with Crippen molar-refractivity contribution < 1.29 is 9.53 Å². The molecule has 2 aromatic carbocycles. The summed E-state index contributed by atoms with van der Waals surface area (Å²) >= 11 is 12.4. The van der Waals surface area contributed by atoms with Crippen LogP contribution >= 0.6 is 23.2 Å². The van der Waals surface area contributed by atoms with E-state index in [0.717, 1.165) is 5.56 Å². The number of carbonyl (C=O) groups is 1. The predicted octanol–water partition coefficient (Wildman–Crippen LogP) is 4.63. The molecule has 1 aliphatic rings. The second-order valence-corrected chi connectivity index (χ2v) is 5.11. The van der Waals surface area contributed by atoms with Crippen molar-refractivity contribution in [1.29, 1.82) is 0 Å². The van der Waals surface area contributed by atoms with Gasteiger partial charge in [-0.15, -0.1) is 0 Å². The van der Waals surface area contributed by atoms with Crippen molar-refractivity contribution in [3.05, 3.63) is 52.0 Å². The van der Waals surface area contributed by atoms with Gasteiger partial charge in [-0.25, -0.2) is 0 Å². The summed E-state index contributed by atoms with van der Waals surface area (Å²) in [5.74, 6) is 0.667. The lowest BCUT2D eigenvalue weighted by Crippen LogP contribution is -2.15. The highest BCUT2D eigenvalue weighted by molar-refractivity contribution is 6.39. The Kier molecular flexibility index (Phi) is 3.21. The number of fused-ring (bicyclic) bond motifs is 1. The van der Waals surface area contributed by atoms with Gasteiger partial charge >= 0.3 is 0 Å². The Balaban J connectivity index is 2.27. The summed E-state index contributed by atoms with van der Waals surface area (Å²) < 4.78 is 5.65. The van der Waals surface area contributed by atoms with E-state index in [4.69, 9.17) is 27.9 Å². The molecule has 0 fully saturated rings. The molecule has 0 unspecified atom stereocenters. The summed E-state index contributed by atoms with van der Waals surface area (Å²) in [7, 11) is 0. The number of para-hydroxylation sites is 1. The lowest BCUT2D eigenvalue weighted by atomic mass is 9.97. The van der Waals surface area contributed by atoms with E-state index in [1.165, 1.54) is 0 Å². The third kappa shape index (κ3) is 2.11. The minimum atomic E-state index is 0.0891. The number of ketones is 1. The predicted molar refractivity (Wildman–Crippen MR) is 76.3 cm³/mol. The van der Waals surface area contributed by atoms with Crippen molar-refractivity contribution in [1.82, 2.24) is 0 Å². The molecule has 2 aromatic rings. The number of carbonyl (C=O) groups excluding carboxylic acids is 1. The second-order valence-electron chi connectivity index (χ2n) is 4.30. The standard InChI is InChI=1S/C15H10Cl2O2/c16-11-5-2-6-12(17)14(11)10-4-1-3-9-13(18)7-8-19-15(9)10/h1-6H,7-8H2. The van der Waals surface area contributed by atoms with Crippen LogP contribution < -0.4 is 4.74 Å². The summed E-state index contributed by atoms with van der Waals surface area (Å²) in [4.78, 5) is 11.9. The van der Waals surface area contributed by atoms with E-state index in [1.807, 2.05) is 12.1 Å². The summed E-state index contributed by atoms with van der Waals surface area (Å²) in [6, 6.07) is 10.8. The summed E-state index contributed by atoms with van der Waals surface area (Å²) in [5.41, 5.74) is 2.07. The number of hydrogen-bond donors (Lipinski definition) is 0. The van der Waals surface area contributed by atoms with Gasteiger partial charge < -0.3 is 4.74 Å². The Labute approximate surface area is 120 Å². The van der Waals surface area contributed by atoms with Crippen molar-refractivity contribution in [3.8, 4) is 16.9 Å². The first-order chi connectivity index (χ1) is 9.18. The third-order valence-corrected chi connectivity index (χ3v) is 3.75. The molecular weight excluding hydrogens is 283 g/mol. The monoisotopic (exact) mass is 292 g/mol. The molecule has 2 nitrogen and oxygen atoms in total. The van der Waals surface area contributed by atoms with Gasteiger partial charge in [-0.1, -0.05) is 41.4 Å². The van der Waals surface area contributed by atoms with Crippen LogP contribution in [0.3, 0.4) is 0 Å². The Morgan fingerprint density at radius 3 is 2.32 bits per heavy atom. The lowest BCUT2D eigenvalue weighted by molar-refractivity contribution is 0.0934. The van der Waals surface area contributed by atoms with Crippen molar-refractivity contribution in [2.75, 3.05) is 6.61 Å². The van der Waals surface area contributed by atoms with E-state index in [2.05, 4.69) is 0 Å². The van der Waals surface area contributed by atoms with E-state index in [0.29, 0.717) is 39.9 Å². The van der Waals surface area contributed by atoms with Gasteiger partial charge in [0.2, 0.25) is 0 Å². The molecule has 0 atom stereocenters. The molecule has 0 spiro atoms. The normalized spacial score (nSPS) is 13.9. The molecule has 0 saturated carbocycles. The van der Waals surface area contributed by atoms with Gasteiger partial charge in [-0.05, 0) is 18.2 Å². The topological polar surface area (TPSA) is 26.3 Å². The maximum absolute atomic E-state index is 11.9. The zero-order valence-electron chi connectivity index (χ0n) is 9.95. The first-order valence-corrected chi connectivity index (χ1v) is 6.67. The number of ether oxygens (including phenoxy) is 1. The fourth-order valence-corrected chi connectivity index (χ4v) is 2.85. The van der Waals surface area contributed by atoms with E-state index in [-0.39, 0.29) is 5.78 Å². The molecule has 96 valence electrons. The maximum atomic E-state index is 11.9. The minimum Gasteiger partial charge on any atom is -0.492 e. The van der Waals surface area contributed by atoms with Crippen LogP contribution in [0.2, 0.25) is 10.0 Å². The smallest absolute Gasteiger partial charge is 0.170 e. The molecule has 0 aromatic heterocycles. The highest BCUT2D eigenvalue weighted by Gasteiger charge is 2.23. The van der Waals surface area contributed by atoms with Gasteiger partial charge in [0, 0.05) is 17.5 Å². The zero-order chi connectivity index (χ0) is 13.4. The highest BCUT2D eigenvalue weighted by Crippen LogP contribution is 2.42. The highest BCUT2D eigenvalue weighted by atomic mass is 35.5. The van der Waals surface area contributed by atoms with Crippen LogP contribution in [-0.2, 0) is 0 Å². The summed E-state index contributed by atoms with van der Waals surface area (Å²) in [6.07, 6.45) is 0.409. The summed E-state index contributed by atoms with van der Waals surface area (Å²) in [6.45, 7) is 0.394. The van der Waals surface area contributed by atoms with Crippen molar-refractivity contribution in [3.63, 3.8) is 0 Å². The van der Waals surface area contributed by atoms with Crippen LogP contribution in [0.1, 0.15) is 16.8 Å². The molecule has 4 heteroatoms. The number of Topliss-reactive ketones (excluding diaryl/α,β-unsaturated/α-hetero) is 1. The Hall–Kier alpha value is -1.51. The number of hydrogen-bond acceptors (Lipinski definition) is 2. The minimum absolute atomic E-state index is 0.0891. The van der Waals surface area contributed by atoms with E-state index < -0.39 is 0 Å². The fourth-order valence-electron chi connectivity index (χ4n) is 2.24. The largest absolute Gasteiger partial charge is 0.492 e. The van der Waals surface area contributed by atoms with Crippen LogP contribution in [0.5, 0.6) is 5.75 Å². The molecule has 3 rings (SSSR count). The van der Waals surface area contributed by atoms with Crippen LogP contribution in [0, 0.1) is 0 Å². The van der Waals surface area contributed by atoms with Crippen LogP contribution in [0.4, 0.5) is 0 Å². The Morgan fingerprint density at radius 2 is 1.58 bits per heavy atom. The number of rotatable bonds is 1. The van der Waals surface area contributed by atoms with Gasteiger partial charge in [-0.2, -0.15) is 0 Å². The SMILES string of the molecule is O=C1CCOc2c1cccc2-c1c(Cl)cccc1Cl. The van der Waals surface area contributed by atoms with E-state index in [1.54, 1.807) is 24.3 Å². The fraction of sp³-hybridized carbons (Fsp3) is 0.133. The number of benzene rings is 2. The Bertz CT molecular complexity index is 645. The van der Waals surface area contributed by atoms with Crippen LogP contribution in [0.15, 0.2) is 36.4 Å². The van der Waals surface area contributed by atoms with E-state index in [9.17, 15) is 4.79 Å². The number of halogens is 2. The molecule has 0 amide bonds. The van der Waals surface area contributed by atoms with Gasteiger partial charge in [0.15, 0.2) is 5.78 Å². The molecule has 0 saturated heterocycles. The third-order valence-electron chi connectivity index (χ3n) is 3.12. The average Bonchev–Trinajstić information content (AvgIpc) is 2.39. The zero-order valence-corrected chi connectivity index (χ0v) is 11.5. The first kappa shape index (κ1) is 12.5. The molecule has 0 aliphatic carbocycles. The molecule has 1 heterocycles. The van der Waals surface area contributed by atoms with Gasteiger partial charge in [0.1, 0.15) is 5.75 Å². The molecule has 0 N–H and O–H groups in total.